The maximum Gasteiger partial charge on any atom is 0.226 e. The van der Waals surface area contributed by atoms with Gasteiger partial charge in [-0.05, 0) is 84.5 Å². The number of carbonyl (C=O) groups is 2. The molecule has 0 radical (unpaired) electrons. The molecule has 0 unspecified atom stereocenters. The minimum atomic E-state index is -0.626. The zero-order valence-electron chi connectivity index (χ0n) is 24.8. The van der Waals surface area contributed by atoms with Crippen molar-refractivity contribution in [2.75, 3.05) is 0 Å². The molecule has 3 saturated carbocycles. The van der Waals surface area contributed by atoms with Crippen molar-refractivity contribution in [2.45, 2.75) is 100.0 Å². The van der Waals surface area contributed by atoms with Gasteiger partial charge >= 0.3 is 0 Å². The topological polar surface area (TPSA) is 69.2 Å². The Labute approximate surface area is 233 Å². The minimum Gasteiger partial charge on any atom is -0.307 e. The van der Waals surface area contributed by atoms with E-state index in [4.69, 9.17) is 6.57 Å². The molecule has 0 saturated heterocycles. The highest BCUT2D eigenvalue weighted by Crippen LogP contribution is 2.74. The zero-order chi connectivity index (χ0) is 28.2. The van der Waals surface area contributed by atoms with Gasteiger partial charge in [0.25, 0.3) is 0 Å². The van der Waals surface area contributed by atoms with Crippen LogP contribution >= 0.6 is 0 Å². The Hall–Kier alpha value is -2.55. The molecular weight excluding hydrogens is 484 g/mol. The van der Waals surface area contributed by atoms with E-state index in [0.29, 0.717) is 0 Å². The standard InChI is InChI=1S/C33H44N4O2/c1-28(2)11-13-33(18-37-20-35-19-36-37)14-12-32(7)26(21(33)16-28)23(38)15-25-30(5)17-22(34-8)27(39)29(3,4)24(30)9-10-31(25,32)6/h15,17,19-21,24,26H,9-14,16,18H2,1-7H3/t21-,24-,26-,30-,31+,32+,33+/m0/s1. The first kappa shape index (κ1) is 26.7. The molecule has 1 aromatic rings. The van der Waals surface area contributed by atoms with Crippen molar-refractivity contribution >= 4 is 11.6 Å². The highest BCUT2D eigenvalue weighted by molar-refractivity contribution is 6.03. The average molecular weight is 529 g/mol. The summed E-state index contributed by atoms with van der Waals surface area (Å²) in [6.07, 6.45) is 14.7. The SMILES string of the molecule is [C-]#[N+]C1=C[C@]2(C)C3=CC(=O)[C@@H]4[C@@H]5CC(C)(C)CC[C@]5(Cn5cncn5)CC[C@@]4(C)[C@]3(C)CC[C@H]2C(C)(C)C1=O. The molecule has 6 heteroatoms. The van der Waals surface area contributed by atoms with Gasteiger partial charge in [-0.3, -0.25) is 9.48 Å². The molecule has 1 aromatic heterocycles. The van der Waals surface area contributed by atoms with Crippen molar-refractivity contribution in [1.29, 1.82) is 0 Å². The van der Waals surface area contributed by atoms with Gasteiger partial charge in [0.2, 0.25) is 5.70 Å². The van der Waals surface area contributed by atoms with Crippen LogP contribution in [0.5, 0.6) is 0 Å². The van der Waals surface area contributed by atoms with Crippen LogP contribution in [0, 0.1) is 56.8 Å². The van der Waals surface area contributed by atoms with Crippen LogP contribution in [0.1, 0.15) is 93.4 Å². The first-order valence-corrected chi connectivity index (χ1v) is 14.9. The monoisotopic (exact) mass is 528 g/mol. The van der Waals surface area contributed by atoms with Gasteiger partial charge in [-0.1, -0.05) is 60.1 Å². The van der Waals surface area contributed by atoms with Crippen LogP contribution in [0.2, 0.25) is 0 Å². The molecule has 39 heavy (non-hydrogen) atoms. The van der Waals surface area contributed by atoms with Crippen LogP contribution in [-0.2, 0) is 16.1 Å². The molecule has 7 atom stereocenters. The number of hydrogen-bond acceptors (Lipinski definition) is 4. The lowest BCUT2D eigenvalue weighted by Gasteiger charge is -2.69. The summed E-state index contributed by atoms with van der Waals surface area (Å²) in [6, 6.07) is 0. The summed E-state index contributed by atoms with van der Waals surface area (Å²) in [7, 11) is 0. The summed E-state index contributed by atoms with van der Waals surface area (Å²) in [5.74, 6) is 0.556. The zero-order valence-corrected chi connectivity index (χ0v) is 24.8. The van der Waals surface area contributed by atoms with E-state index in [1.165, 1.54) is 12.0 Å². The van der Waals surface area contributed by atoms with Crippen molar-refractivity contribution in [3.8, 4) is 0 Å². The molecule has 1 heterocycles. The molecule has 0 aromatic carbocycles. The van der Waals surface area contributed by atoms with Crippen LogP contribution in [0.3, 0.4) is 0 Å². The van der Waals surface area contributed by atoms with Crippen LogP contribution in [0.15, 0.2) is 36.1 Å². The molecule has 0 N–H and O–H groups in total. The maximum absolute atomic E-state index is 14.6. The van der Waals surface area contributed by atoms with Gasteiger partial charge in [0.05, 0.1) is 6.57 Å². The molecule has 6 nitrogen and oxygen atoms in total. The van der Waals surface area contributed by atoms with E-state index in [2.05, 4.69) is 49.5 Å². The van der Waals surface area contributed by atoms with Gasteiger partial charge in [-0.25, -0.2) is 9.83 Å². The van der Waals surface area contributed by atoms with Crippen molar-refractivity contribution in [3.05, 3.63) is 47.5 Å². The number of Topliss-reactive ketones (excluding diaryl/α,β-unsaturated/α-hetero) is 1. The number of aromatic nitrogens is 3. The third kappa shape index (κ3) is 3.37. The number of rotatable bonds is 2. The van der Waals surface area contributed by atoms with Gasteiger partial charge in [-0.2, -0.15) is 5.10 Å². The molecule has 0 amide bonds. The van der Waals surface area contributed by atoms with Crippen molar-refractivity contribution in [1.82, 2.24) is 14.8 Å². The van der Waals surface area contributed by atoms with E-state index in [-0.39, 0.29) is 56.7 Å². The van der Waals surface area contributed by atoms with Gasteiger partial charge < -0.3 is 4.79 Å². The summed E-state index contributed by atoms with van der Waals surface area (Å²) >= 11 is 0. The van der Waals surface area contributed by atoms with E-state index in [0.717, 1.165) is 45.1 Å². The van der Waals surface area contributed by atoms with Crippen LogP contribution < -0.4 is 0 Å². The second-order valence-corrected chi connectivity index (χ2v) is 15.7. The first-order valence-electron chi connectivity index (χ1n) is 14.9. The molecule has 0 bridgehead atoms. The number of allylic oxidation sites excluding steroid dienone is 4. The Balaban J connectivity index is 1.50. The van der Waals surface area contributed by atoms with Crippen LogP contribution in [0.25, 0.3) is 4.85 Å². The largest absolute Gasteiger partial charge is 0.307 e. The second-order valence-electron chi connectivity index (χ2n) is 15.7. The molecule has 5 aliphatic carbocycles. The Kier molecular flexibility index (Phi) is 5.48. The van der Waals surface area contributed by atoms with E-state index >= 15 is 0 Å². The molecule has 0 spiro atoms. The average Bonchev–Trinajstić information content (AvgIpc) is 3.36. The molecule has 208 valence electrons. The summed E-state index contributed by atoms with van der Waals surface area (Å²) in [6.45, 7) is 24.4. The fourth-order valence-electron chi connectivity index (χ4n) is 10.6. The Morgan fingerprint density at radius 1 is 1.03 bits per heavy atom. The number of ketones is 2. The highest BCUT2D eigenvalue weighted by Gasteiger charge is 2.69. The van der Waals surface area contributed by atoms with E-state index in [1.807, 2.05) is 37.0 Å². The van der Waals surface area contributed by atoms with E-state index in [1.54, 1.807) is 6.33 Å². The van der Waals surface area contributed by atoms with Crippen molar-refractivity contribution < 1.29 is 9.59 Å². The third-order valence-corrected chi connectivity index (χ3v) is 13.0. The Morgan fingerprint density at radius 3 is 2.41 bits per heavy atom. The fraction of sp³-hybridized carbons (Fsp3) is 0.727. The Bertz CT molecular complexity index is 1350. The second kappa shape index (κ2) is 8.02. The van der Waals surface area contributed by atoms with Gasteiger partial charge in [0.15, 0.2) is 11.6 Å². The van der Waals surface area contributed by atoms with Gasteiger partial charge in [-0.15, -0.1) is 0 Å². The predicted octanol–water partition coefficient (Wildman–Crippen LogP) is 6.85. The molecule has 6 rings (SSSR count). The van der Waals surface area contributed by atoms with E-state index in [9.17, 15) is 9.59 Å². The first-order chi connectivity index (χ1) is 18.1. The summed E-state index contributed by atoms with van der Waals surface area (Å²) in [4.78, 5) is 35.8. The van der Waals surface area contributed by atoms with Gasteiger partial charge in [0, 0.05) is 23.3 Å². The smallest absolute Gasteiger partial charge is 0.226 e. The van der Waals surface area contributed by atoms with E-state index < -0.39 is 10.8 Å². The number of hydrogen-bond donors (Lipinski definition) is 0. The predicted molar refractivity (Wildman–Crippen MR) is 150 cm³/mol. The normalized spacial score (nSPS) is 44.1. The number of nitrogens with zero attached hydrogens (tertiary/aromatic N) is 4. The number of carbonyl (C=O) groups excluding carboxylic acids is 2. The van der Waals surface area contributed by atoms with Crippen LogP contribution in [-0.4, -0.2) is 26.3 Å². The molecule has 5 aliphatic rings. The summed E-state index contributed by atoms with van der Waals surface area (Å²) in [5.41, 5.74) is 0.215. The molecule has 0 aliphatic heterocycles. The van der Waals surface area contributed by atoms with Crippen molar-refractivity contribution in [2.24, 2.45) is 50.2 Å². The number of fused-ring (bicyclic) bond motifs is 7. The van der Waals surface area contributed by atoms with Crippen LogP contribution in [0.4, 0.5) is 0 Å². The fourth-order valence-corrected chi connectivity index (χ4v) is 10.6. The molecular formula is C33H44N4O2. The molecule has 3 fully saturated rings. The quantitative estimate of drug-likeness (QED) is 0.394. The Morgan fingerprint density at radius 2 is 1.74 bits per heavy atom. The third-order valence-electron chi connectivity index (χ3n) is 13.0. The highest BCUT2D eigenvalue weighted by atomic mass is 16.1. The summed E-state index contributed by atoms with van der Waals surface area (Å²) < 4.78 is 1.99. The lowest BCUT2D eigenvalue weighted by molar-refractivity contribution is -0.174. The lowest BCUT2D eigenvalue weighted by Crippen LogP contribution is -2.65. The van der Waals surface area contributed by atoms with Gasteiger partial charge in [0.1, 0.15) is 12.7 Å². The van der Waals surface area contributed by atoms with Crippen molar-refractivity contribution in [3.63, 3.8) is 0 Å². The maximum atomic E-state index is 14.6. The minimum absolute atomic E-state index is 0.0363. The summed E-state index contributed by atoms with van der Waals surface area (Å²) in [5, 5.41) is 4.49. The lowest BCUT2D eigenvalue weighted by atomic mass is 9.34.